The van der Waals surface area contributed by atoms with Crippen LogP contribution in [0.3, 0.4) is 0 Å². The summed E-state index contributed by atoms with van der Waals surface area (Å²) in [6, 6.07) is 21.0. The number of benzene rings is 3. The Balaban J connectivity index is 1.62. The number of nitrogens with zero attached hydrogens (tertiary/aromatic N) is 2. The van der Waals surface area contributed by atoms with Crippen molar-refractivity contribution in [1.82, 2.24) is 5.43 Å². The summed E-state index contributed by atoms with van der Waals surface area (Å²) in [5.74, 6) is -0.690. The molecule has 0 saturated carbocycles. The van der Waals surface area contributed by atoms with Crippen LogP contribution in [0.5, 0.6) is 0 Å². The third-order valence-electron chi connectivity index (χ3n) is 4.26. The standard InChI is InChI=1S/C23H21ClN4O2/c1-28(2)21-11-9-16(10-12-21)15-25-27-23(30)18-6-4-8-20(14-18)26-22(29)17-5-3-7-19(24)13-17/h3-15H,1-2H3,(H,26,29)(H,27,30). The molecule has 0 unspecified atom stereocenters. The predicted octanol–water partition coefficient (Wildman–Crippen LogP) is 4.42. The van der Waals surface area contributed by atoms with Gasteiger partial charge in [0.05, 0.1) is 6.21 Å². The van der Waals surface area contributed by atoms with Gasteiger partial charge in [-0.15, -0.1) is 0 Å². The largest absolute Gasteiger partial charge is 0.378 e. The Morgan fingerprint density at radius 3 is 2.23 bits per heavy atom. The topological polar surface area (TPSA) is 73.8 Å². The van der Waals surface area contributed by atoms with E-state index in [0.29, 0.717) is 21.8 Å². The first-order chi connectivity index (χ1) is 14.4. The van der Waals surface area contributed by atoms with Crippen molar-refractivity contribution in [1.29, 1.82) is 0 Å². The average molecular weight is 421 g/mol. The Morgan fingerprint density at radius 2 is 1.57 bits per heavy atom. The lowest BCUT2D eigenvalue weighted by molar-refractivity contribution is 0.0953. The molecule has 0 radical (unpaired) electrons. The molecule has 2 N–H and O–H groups in total. The smallest absolute Gasteiger partial charge is 0.271 e. The summed E-state index contributed by atoms with van der Waals surface area (Å²) >= 11 is 5.92. The van der Waals surface area contributed by atoms with Crippen LogP contribution in [0.15, 0.2) is 77.9 Å². The van der Waals surface area contributed by atoms with Crippen LogP contribution in [0.2, 0.25) is 5.02 Å². The molecular formula is C23H21ClN4O2. The second kappa shape index (κ2) is 9.71. The van der Waals surface area contributed by atoms with Gasteiger partial charge in [-0.05, 0) is 54.1 Å². The highest BCUT2D eigenvalue weighted by atomic mass is 35.5. The van der Waals surface area contributed by atoms with Crippen LogP contribution in [-0.2, 0) is 0 Å². The molecule has 3 rings (SSSR count). The fourth-order valence-electron chi connectivity index (χ4n) is 2.66. The van der Waals surface area contributed by atoms with Crippen molar-refractivity contribution in [2.75, 3.05) is 24.3 Å². The van der Waals surface area contributed by atoms with E-state index in [9.17, 15) is 9.59 Å². The summed E-state index contributed by atoms with van der Waals surface area (Å²) in [6.45, 7) is 0. The van der Waals surface area contributed by atoms with E-state index in [1.807, 2.05) is 43.3 Å². The third kappa shape index (κ3) is 5.68. The van der Waals surface area contributed by atoms with Crippen LogP contribution in [0.25, 0.3) is 0 Å². The molecule has 0 saturated heterocycles. The number of anilines is 2. The molecule has 0 atom stereocenters. The van der Waals surface area contributed by atoms with Gasteiger partial charge in [-0.3, -0.25) is 9.59 Å². The minimum Gasteiger partial charge on any atom is -0.378 e. The highest BCUT2D eigenvalue weighted by molar-refractivity contribution is 6.31. The Hall–Kier alpha value is -3.64. The maximum Gasteiger partial charge on any atom is 0.271 e. The quantitative estimate of drug-likeness (QED) is 0.458. The van der Waals surface area contributed by atoms with E-state index in [-0.39, 0.29) is 11.8 Å². The van der Waals surface area contributed by atoms with Crippen molar-refractivity contribution < 1.29 is 9.59 Å². The van der Waals surface area contributed by atoms with Crippen LogP contribution in [0.1, 0.15) is 26.3 Å². The number of carbonyl (C=O) groups excluding carboxylic acids is 2. The van der Waals surface area contributed by atoms with Crippen LogP contribution in [0.4, 0.5) is 11.4 Å². The molecule has 0 aliphatic heterocycles. The summed E-state index contributed by atoms with van der Waals surface area (Å²) in [4.78, 5) is 26.7. The number of hydrazone groups is 1. The maximum absolute atomic E-state index is 12.4. The first-order valence-corrected chi connectivity index (χ1v) is 9.58. The second-order valence-corrected chi connectivity index (χ2v) is 7.17. The second-order valence-electron chi connectivity index (χ2n) is 6.73. The van der Waals surface area contributed by atoms with Gasteiger partial charge < -0.3 is 10.2 Å². The van der Waals surface area contributed by atoms with Crippen molar-refractivity contribution in [2.45, 2.75) is 0 Å². The van der Waals surface area contributed by atoms with Gasteiger partial charge in [-0.2, -0.15) is 5.10 Å². The first-order valence-electron chi connectivity index (χ1n) is 9.20. The van der Waals surface area contributed by atoms with Gasteiger partial charge >= 0.3 is 0 Å². The molecule has 152 valence electrons. The number of hydrogen-bond donors (Lipinski definition) is 2. The summed E-state index contributed by atoms with van der Waals surface area (Å²) < 4.78 is 0. The van der Waals surface area contributed by atoms with Gasteiger partial charge in [0.1, 0.15) is 0 Å². The highest BCUT2D eigenvalue weighted by Gasteiger charge is 2.09. The van der Waals surface area contributed by atoms with Crippen molar-refractivity contribution in [3.8, 4) is 0 Å². The van der Waals surface area contributed by atoms with E-state index < -0.39 is 0 Å². The Morgan fingerprint density at radius 1 is 0.900 bits per heavy atom. The van der Waals surface area contributed by atoms with E-state index in [1.54, 1.807) is 54.7 Å². The molecule has 0 bridgehead atoms. The Bertz CT molecular complexity index is 1080. The zero-order chi connectivity index (χ0) is 21.5. The van der Waals surface area contributed by atoms with Gasteiger partial charge in [0.15, 0.2) is 0 Å². The van der Waals surface area contributed by atoms with Gasteiger partial charge in [0.2, 0.25) is 0 Å². The fraction of sp³-hybridized carbons (Fsp3) is 0.0870. The van der Waals surface area contributed by atoms with Crippen molar-refractivity contribution in [2.24, 2.45) is 5.10 Å². The summed E-state index contributed by atoms with van der Waals surface area (Å²) in [5.41, 5.74) is 5.74. The Labute approximate surface area is 180 Å². The number of amides is 2. The van der Waals surface area contributed by atoms with Gasteiger partial charge in [-0.1, -0.05) is 35.9 Å². The molecule has 0 spiro atoms. The Kier molecular flexibility index (Phi) is 6.83. The van der Waals surface area contributed by atoms with Gasteiger partial charge in [-0.25, -0.2) is 5.43 Å². The van der Waals surface area contributed by atoms with Gasteiger partial charge in [0, 0.05) is 41.6 Å². The molecule has 30 heavy (non-hydrogen) atoms. The van der Waals surface area contributed by atoms with E-state index in [2.05, 4.69) is 15.8 Å². The number of hydrogen-bond acceptors (Lipinski definition) is 4. The minimum absolute atomic E-state index is 0.311. The number of halogens is 1. The molecular weight excluding hydrogens is 400 g/mol. The maximum atomic E-state index is 12.4. The van der Waals surface area contributed by atoms with E-state index in [4.69, 9.17) is 11.6 Å². The van der Waals surface area contributed by atoms with Crippen molar-refractivity contribution in [3.63, 3.8) is 0 Å². The lowest BCUT2D eigenvalue weighted by atomic mass is 10.1. The minimum atomic E-state index is -0.380. The monoisotopic (exact) mass is 420 g/mol. The van der Waals surface area contributed by atoms with Crippen LogP contribution in [0, 0.1) is 0 Å². The molecule has 0 aliphatic rings. The van der Waals surface area contributed by atoms with Crippen LogP contribution < -0.4 is 15.6 Å². The molecule has 3 aromatic rings. The molecule has 2 amide bonds. The zero-order valence-corrected chi connectivity index (χ0v) is 17.4. The van der Waals surface area contributed by atoms with E-state index in [0.717, 1.165) is 11.3 Å². The van der Waals surface area contributed by atoms with Crippen molar-refractivity contribution in [3.05, 3.63) is 94.5 Å². The van der Waals surface area contributed by atoms with E-state index >= 15 is 0 Å². The summed E-state index contributed by atoms with van der Waals surface area (Å²) in [6.07, 6.45) is 1.57. The highest BCUT2D eigenvalue weighted by Crippen LogP contribution is 2.15. The summed E-state index contributed by atoms with van der Waals surface area (Å²) in [7, 11) is 3.93. The number of rotatable bonds is 6. The average Bonchev–Trinajstić information content (AvgIpc) is 2.74. The molecule has 0 aliphatic carbocycles. The van der Waals surface area contributed by atoms with E-state index in [1.165, 1.54) is 0 Å². The number of carbonyl (C=O) groups is 2. The first kappa shape index (κ1) is 21.1. The summed E-state index contributed by atoms with van der Waals surface area (Å²) in [5, 5.41) is 7.23. The molecule has 0 heterocycles. The van der Waals surface area contributed by atoms with Gasteiger partial charge in [0.25, 0.3) is 11.8 Å². The number of nitrogens with one attached hydrogen (secondary N) is 2. The van der Waals surface area contributed by atoms with Crippen LogP contribution in [-0.4, -0.2) is 32.1 Å². The van der Waals surface area contributed by atoms with Crippen LogP contribution >= 0.6 is 11.6 Å². The molecule has 0 aromatic heterocycles. The zero-order valence-electron chi connectivity index (χ0n) is 16.6. The predicted molar refractivity (Wildman–Crippen MR) is 122 cm³/mol. The molecule has 3 aromatic carbocycles. The SMILES string of the molecule is CN(C)c1ccc(C=NNC(=O)c2cccc(NC(=O)c3cccc(Cl)c3)c2)cc1. The lowest BCUT2D eigenvalue weighted by Crippen LogP contribution is -2.18. The lowest BCUT2D eigenvalue weighted by Gasteiger charge is -2.11. The third-order valence-corrected chi connectivity index (χ3v) is 4.49. The molecule has 0 fully saturated rings. The normalized spacial score (nSPS) is 10.6. The fourth-order valence-corrected chi connectivity index (χ4v) is 2.85. The molecule has 7 heteroatoms. The van der Waals surface area contributed by atoms with Crippen molar-refractivity contribution >= 4 is 41.0 Å². The molecule has 6 nitrogen and oxygen atoms in total.